The van der Waals surface area contributed by atoms with E-state index in [9.17, 15) is 18.4 Å². The number of nitrogens with one attached hydrogen (secondary N) is 1. The third kappa shape index (κ3) is 6.09. The van der Waals surface area contributed by atoms with Crippen molar-refractivity contribution >= 4 is 12.1 Å². The quantitative estimate of drug-likeness (QED) is 0.714. The van der Waals surface area contributed by atoms with Crippen molar-refractivity contribution in [3.05, 3.63) is 59.4 Å². The maximum absolute atomic E-state index is 14.2. The lowest BCUT2D eigenvalue weighted by atomic mass is 10.1. The Morgan fingerprint density at radius 3 is 2.52 bits per heavy atom. The van der Waals surface area contributed by atoms with E-state index < -0.39 is 31.0 Å². The summed E-state index contributed by atoms with van der Waals surface area (Å²) in [4.78, 5) is 23.6. The predicted molar refractivity (Wildman–Crippen MR) is 94.7 cm³/mol. The number of hydrogen-bond acceptors (Lipinski definition) is 4. The number of halogens is 2. The molecule has 0 aliphatic heterocycles. The minimum Gasteiger partial charge on any atom is -0.461 e. The van der Waals surface area contributed by atoms with Gasteiger partial charge in [0.25, 0.3) is 5.92 Å². The number of benzene rings is 1. The number of carbonyl (C=O) groups excluding carboxylic acids is 2. The Morgan fingerprint density at radius 1 is 1.15 bits per heavy atom. The highest BCUT2D eigenvalue weighted by molar-refractivity contribution is 5.89. The molecule has 0 radical (unpaired) electrons. The van der Waals surface area contributed by atoms with Gasteiger partial charge in [-0.1, -0.05) is 30.3 Å². The van der Waals surface area contributed by atoms with E-state index in [0.717, 1.165) is 5.56 Å². The first kappa shape index (κ1) is 20.4. The van der Waals surface area contributed by atoms with E-state index in [0.29, 0.717) is 0 Å². The van der Waals surface area contributed by atoms with Crippen LogP contribution in [0.1, 0.15) is 28.5 Å². The van der Waals surface area contributed by atoms with Crippen molar-refractivity contribution in [3.63, 3.8) is 0 Å². The molecule has 0 aliphatic carbocycles. The number of aryl methyl sites for hydroxylation is 1. The van der Waals surface area contributed by atoms with E-state index in [1.54, 1.807) is 38.2 Å². The molecule has 0 unspecified atom stereocenters. The van der Waals surface area contributed by atoms with Crippen LogP contribution in [0.15, 0.2) is 42.6 Å². The zero-order valence-electron chi connectivity index (χ0n) is 15.2. The van der Waals surface area contributed by atoms with E-state index >= 15 is 0 Å². The number of nitrogens with zero attached hydrogens (tertiary/aromatic N) is 1. The van der Waals surface area contributed by atoms with Gasteiger partial charge < -0.3 is 19.4 Å². The fourth-order valence-electron chi connectivity index (χ4n) is 2.52. The predicted octanol–water partition coefficient (Wildman–Crippen LogP) is 3.31. The fourth-order valence-corrected chi connectivity index (χ4v) is 2.52. The highest BCUT2D eigenvalue weighted by atomic mass is 19.3. The van der Waals surface area contributed by atoms with Crippen molar-refractivity contribution in [2.75, 3.05) is 13.2 Å². The molecule has 0 saturated carbocycles. The Morgan fingerprint density at radius 2 is 1.85 bits per heavy atom. The van der Waals surface area contributed by atoms with Crippen LogP contribution in [-0.2, 0) is 29.5 Å². The van der Waals surface area contributed by atoms with Crippen molar-refractivity contribution in [2.24, 2.45) is 7.05 Å². The molecule has 0 atom stereocenters. The van der Waals surface area contributed by atoms with Crippen LogP contribution < -0.4 is 5.32 Å². The molecule has 2 aromatic rings. The molecule has 2 rings (SSSR count). The summed E-state index contributed by atoms with van der Waals surface area (Å²) in [5.41, 5.74) is 0.978. The molecular formula is C19H22F2N2O4. The van der Waals surface area contributed by atoms with Crippen LogP contribution in [-0.4, -0.2) is 35.7 Å². The first-order valence-electron chi connectivity index (χ1n) is 8.46. The van der Waals surface area contributed by atoms with Gasteiger partial charge in [0, 0.05) is 19.7 Å². The number of aromatic nitrogens is 1. The number of carbonyl (C=O) groups is 2. The molecule has 0 saturated heterocycles. The van der Waals surface area contributed by atoms with Gasteiger partial charge in [-0.25, -0.2) is 18.4 Å². The van der Waals surface area contributed by atoms with Gasteiger partial charge in [0.1, 0.15) is 12.3 Å². The number of ether oxygens (including phenoxy) is 2. The van der Waals surface area contributed by atoms with Crippen LogP contribution in [0.3, 0.4) is 0 Å². The van der Waals surface area contributed by atoms with E-state index in [2.05, 4.69) is 5.32 Å². The van der Waals surface area contributed by atoms with Gasteiger partial charge in [0.15, 0.2) is 0 Å². The second kappa shape index (κ2) is 9.16. The minimum atomic E-state index is -3.26. The number of alkyl carbamates (subject to hydrolysis) is 1. The molecule has 8 heteroatoms. The lowest BCUT2D eigenvalue weighted by Gasteiger charge is -2.17. The summed E-state index contributed by atoms with van der Waals surface area (Å²) >= 11 is 0. The smallest absolute Gasteiger partial charge is 0.407 e. The van der Waals surface area contributed by atoms with Gasteiger partial charge in [-0.3, -0.25) is 0 Å². The summed E-state index contributed by atoms with van der Waals surface area (Å²) in [6, 6.07) is 10.3. The van der Waals surface area contributed by atoms with Gasteiger partial charge in [-0.2, -0.15) is 0 Å². The van der Waals surface area contributed by atoms with Gasteiger partial charge in [-0.05, 0) is 24.1 Å². The van der Waals surface area contributed by atoms with Crippen LogP contribution in [0.25, 0.3) is 0 Å². The lowest BCUT2D eigenvalue weighted by Crippen LogP contribution is -2.38. The van der Waals surface area contributed by atoms with Gasteiger partial charge in [0.2, 0.25) is 0 Å². The molecule has 6 nitrogen and oxygen atoms in total. The van der Waals surface area contributed by atoms with Gasteiger partial charge in [0.05, 0.1) is 13.2 Å². The molecule has 1 amide bonds. The average Bonchev–Trinajstić information content (AvgIpc) is 2.99. The maximum atomic E-state index is 14.2. The SMILES string of the molecule is CCOC(=O)c1c(CC(F)(F)CNC(=O)OCc2ccccc2)ccn1C. The second-order valence-corrected chi connectivity index (χ2v) is 5.97. The highest BCUT2D eigenvalue weighted by Crippen LogP contribution is 2.23. The summed E-state index contributed by atoms with van der Waals surface area (Å²) in [5.74, 6) is -3.92. The molecule has 1 N–H and O–H groups in total. The van der Waals surface area contributed by atoms with Crippen LogP contribution in [0, 0.1) is 0 Å². The van der Waals surface area contributed by atoms with Crippen molar-refractivity contribution < 1.29 is 27.8 Å². The van der Waals surface area contributed by atoms with Gasteiger partial charge in [-0.15, -0.1) is 0 Å². The zero-order chi connectivity index (χ0) is 19.9. The van der Waals surface area contributed by atoms with Crippen LogP contribution in [0.2, 0.25) is 0 Å². The Hall–Kier alpha value is -2.90. The fraction of sp³-hybridized carbons (Fsp3) is 0.368. The summed E-state index contributed by atoms with van der Waals surface area (Å²) in [6.07, 6.45) is -0.127. The topological polar surface area (TPSA) is 69.6 Å². The standard InChI is InChI=1S/C19H22F2N2O4/c1-3-26-17(24)16-15(9-10-23(16)2)11-19(20,21)13-22-18(25)27-12-14-7-5-4-6-8-14/h4-10H,3,11-13H2,1-2H3,(H,22,25). The van der Waals surface area contributed by atoms with Gasteiger partial charge >= 0.3 is 12.1 Å². The third-order valence-corrected chi connectivity index (χ3v) is 3.78. The van der Waals surface area contributed by atoms with Crippen LogP contribution in [0.4, 0.5) is 13.6 Å². The average molecular weight is 380 g/mol. The maximum Gasteiger partial charge on any atom is 0.407 e. The number of amides is 1. The third-order valence-electron chi connectivity index (χ3n) is 3.78. The summed E-state index contributed by atoms with van der Waals surface area (Å²) in [6.45, 7) is 0.871. The highest BCUT2D eigenvalue weighted by Gasteiger charge is 2.33. The Balaban J connectivity index is 1.89. The van der Waals surface area contributed by atoms with Crippen molar-refractivity contribution in [1.29, 1.82) is 0 Å². The largest absolute Gasteiger partial charge is 0.461 e. The number of rotatable bonds is 8. The minimum absolute atomic E-state index is 0.00998. The number of hydrogen-bond donors (Lipinski definition) is 1. The Kier molecular flexibility index (Phi) is 6.92. The number of esters is 1. The van der Waals surface area contributed by atoms with E-state index in [-0.39, 0.29) is 24.5 Å². The van der Waals surface area contributed by atoms with Crippen molar-refractivity contribution in [1.82, 2.24) is 9.88 Å². The summed E-state index contributed by atoms with van der Waals surface area (Å²) in [7, 11) is 1.58. The second-order valence-electron chi connectivity index (χ2n) is 5.97. The Bertz CT molecular complexity index is 775. The first-order valence-corrected chi connectivity index (χ1v) is 8.46. The molecule has 1 aromatic carbocycles. The lowest BCUT2D eigenvalue weighted by molar-refractivity contribution is 0.00148. The molecule has 0 fully saturated rings. The van der Waals surface area contributed by atoms with Crippen LogP contribution in [0.5, 0.6) is 0 Å². The summed E-state index contributed by atoms with van der Waals surface area (Å²) in [5, 5.41) is 2.06. The van der Waals surface area contributed by atoms with Crippen LogP contribution >= 0.6 is 0 Å². The molecule has 0 spiro atoms. The molecule has 146 valence electrons. The van der Waals surface area contributed by atoms with E-state index in [4.69, 9.17) is 9.47 Å². The molecule has 1 aromatic heterocycles. The molecule has 0 aliphatic rings. The molecule has 0 bridgehead atoms. The van der Waals surface area contributed by atoms with E-state index in [1.807, 2.05) is 6.07 Å². The first-order chi connectivity index (χ1) is 12.8. The number of alkyl halides is 2. The summed E-state index contributed by atoms with van der Waals surface area (Å²) < 4.78 is 39.7. The molecule has 27 heavy (non-hydrogen) atoms. The zero-order valence-corrected chi connectivity index (χ0v) is 15.2. The van der Waals surface area contributed by atoms with Crippen molar-refractivity contribution in [3.8, 4) is 0 Å². The molecule has 1 heterocycles. The molecular weight excluding hydrogens is 358 g/mol. The monoisotopic (exact) mass is 380 g/mol. The normalized spacial score (nSPS) is 11.1. The van der Waals surface area contributed by atoms with E-state index in [1.165, 1.54) is 16.8 Å². The Labute approximate surface area is 156 Å². The van der Waals surface area contributed by atoms with Crippen molar-refractivity contribution in [2.45, 2.75) is 25.9 Å².